The van der Waals surface area contributed by atoms with Crippen molar-refractivity contribution in [3.63, 3.8) is 0 Å². The van der Waals surface area contributed by atoms with Gasteiger partial charge in [0.05, 0.1) is 18.7 Å². The van der Waals surface area contributed by atoms with Crippen LogP contribution in [0.15, 0.2) is 72.3 Å². The molecule has 168 valence electrons. The number of amides is 1. The van der Waals surface area contributed by atoms with Crippen LogP contribution in [-0.2, 0) is 11.4 Å². The van der Waals surface area contributed by atoms with Gasteiger partial charge in [-0.3, -0.25) is 4.79 Å². The van der Waals surface area contributed by atoms with Crippen molar-refractivity contribution in [3.8, 4) is 23.3 Å². The zero-order valence-electron chi connectivity index (χ0n) is 18.3. The Balaban J connectivity index is 1.69. The van der Waals surface area contributed by atoms with Crippen molar-refractivity contribution in [2.24, 2.45) is 0 Å². The number of hydrogen-bond donors (Lipinski definition) is 1. The highest BCUT2D eigenvalue weighted by Gasteiger charge is 2.14. The number of methoxy groups -OCH3 is 1. The average molecular weight is 463 g/mol. The van der Waals surface area contributed by atoms with Crippen molar-refractivity contribution in [3.05, 3.63) is 88.5 Å². The van der Waals surface area contributed by atoms with Gasteiger partial charge in [0.2, 0.25) is 0 Å². The predicted molar refractivity (Wildman–Crippen MR) is 129 cm³/mol. The summed E-state index contributed by atoms with van der Waals surface area (Å²) in [6, 6.07) is 21.9. The molecule has 0 spiro atoms. The summed E-state index contributed by atoms with van der Waals surface area (Å²) in [5.41, 5.74) is 1.95. The SMILES string of the molecule is CCOc1cc(Cl)c(/C=C(\C#N)C(=O)Nc2ccc(OCc3ccccc3)cc2)cc1OC. The second-order valence-electron chi connectivity index (χ2n) is 6.88. The first-order chi connectivity index (χ1) is 16.0. The maximum Gasteiger partial charge on any atom is 0.266 e. The average Bonchev–Trinajstić information content (AvgIpc) is 2.84. The van der Waals surface area contributed by atoms with Gasteiger partial charge in [-0.25, -0.2) is 0 Å². The van der Waals surface area contributed by atoms with Crippen LogP contribution in [0.1, 0.15) is 18.1 Å². The standard InChI is InChI=1S/C26H23ClN2O4/c1-3-32-25-15-23(27)19(14-24(25)31-2)13-20(16-28)26(30)29-21-9-11-22(12-10-21)33-17-18-7-5-4-6-8-18/h4-15H,3,17H2,1-2H3,(H,29,30)/b20-13+. The molecule has 0 heterocycles. The Labute approximate surface area is 198 Å². The number of nitrogens with one attached hydrogen (secondary N) is 1. The summed E-state index contributed by atoms with van der Waals surface area (Å²) in [7, 11) is 1.50. The van der Waals surface area contributed by atoms with Gasteiger partial charge in [0.15, 0.2) is 11.5 Å². The van der Waals surface area contributed by atoms with E-state index in [4.69, 9.17) is 25.8 Å². The first kappa shape index (κ1) is 23.7. The predicted octanol–water partition coefficient (Wildman–Crippen LogP) is 5.87. The molecule has 0 radical (unpaired) electrons. The molecule has 1 N–H and O–H groups in total. The van der Waals surface area contributed by atoms with Crippen LogP contribution in [0.3, 0.4) is 0 Å². The molecular weight excluding hydrogens is 440 g/mol. The fourth-order valence-corrected chi connectivity index (χ4v) is 3.18. The highest BCUT2D eigenvalue weighted by Crippen LogP contribution is 2.34. The minimum atomic E-state index is -0.556. The summed E-state index contributed by atoms with van der Waals surface area (Å²) in [6.07, 6.45) is 1.41. The molecule has 0 aliphatic carbocycles. The molecule has 0 atom stereocenters. The molecule has 0 fully saturated rings. The van der Waals surface area contributed by atoms with E-state index in [1.54, 1.807) is 36.4 Å². The Morgan fingerprint density at radius 1 is 1.06 bits per heavy atom. The number of carbonyl (C=O) groups is 1. The first-order valence-electron chi connectivity index (χ1n) is 10.2. The summed E-state index contributed by atoms with van der Waals surface area (Å²) < 4.78 is 16.6. The molecule has 0 bridgehead atoms. The smallest absolute Gasteiger partial charge is 0.266 e. The Morgan fingerprint density at radius 2 is 1.79 bits per heavy atom. The lowest BCUT2D eigenvalue weighted by molar-refractivity contribution is -0.112. The molecule has 0 aliphatic rings. The van der Waals surface area contributed by atoms with Crippen LogP contribution in [-0.4, -0.2) is 19.6 Å². The molecular formula is C26H23ClN2O4. The van der Waals surface area contributed by atoms with E-state index in [0.717, 1.165) is 5.56 Å². The Bertz CT molecular complexity index is 1170. The highest BCUT2D eigenvalue weighted by molar-refractivity contribution is 6.32. The number of hydrogen-bond acceptors (Lipinski definition) is 5. The first-order valence-corrected chi connectivity index (χ1v) is 10.6. The Kier molecular flexibility index (Phi) is 8.34. The molecule has 6 nitrogen and oxygen atoms in total. The number of rotatable bonds is 9. The zero-order chi connectivity index (χ0) is 23.6. The quantitative estimate of drug-likeness (QED) is 0.317. The van der Waals surface area contributed by atoms with Crippen molar-refractivity contribution in [1.82, 2.24) is 0 Å². The van der Waals surface area contributed by atoms with Crippen molar-refractivity contribution in [1.29, 1.82) is 5.26 Å². The number of nitrogens with zero attached hydrogens (tertiary/aromatic N) is 1. The Hall–Kier alpha value is -3.95. The van der Waals surface area contributed by atoms with E-state index in [0.29, 0.717) is 46.7 Å². The van der Waals surface area contributed by atoms with Gasteiger partial charge in [0.1, 0.15) is 24.0 Å². The molecule has 0 aliphatic heterocycles. The van der Waals surface area contributed by atoms with Crippen LogP contribution in [0.2, 0.25) is 5.02 Å². The van der Waals surface area contributed by atoms with E-state index in [-0.39, 0.29) is 5.57 Å². The fraction of sp³-hybridized carbons (Fsp3) is 0.154. The van der Waals surface area contributed by atoms with Crippen molar-refractivity contribution in [2.45, 2.75) is 13.5 Å². The number of anilines is 1. The molecule has 7 heteroatoms. The third-order valence-corrected chi connectivity index (χ3v) is 4.94. The zero-order valence-corrected chi connectivity index (χ0v) is 19.1. The molecule has 3 aromatic carbocycles. The second kappa shape index (κ2) is 11.6. The van der Waals surface area contributed by atoms with E-state index in [2.05, 4.69) is 5.32 Å². The molecule has 3 rings (SSSR count). The summed E-state index contributed by atoms with van der Waals surface area (Å²) >= 11 is 6.32. The van der Waals surface area contributed by atoms with Gasteiger partial charge in [0.25, 0.3) is 5.91 Å². The lowest BCUT2D eigenvalue weighted by Gasteiger charge is -2.12. The van der Waals surface area contributed by atoms with Crippen LogP contribution < -0.4 is 19.5 Å². The van der Waals surface area contributed by atoms with Crippen molar-refractivity contribution < 1.29 is 19.0 Å². The van der Waals surface area contributed by atoms with Gasteiger partial charge in [-0.05, 0) is 54.5 Å². The van der Waals surface area contributed by atoms with Gasteiger partial charge >= 0.3 is 0 Å². The van der Waals surface area contributed by atoms with E-state index in [9.17, 15) is 10.1 Å². The number of benzene rings is 3. The van der Waals surface area contributed by atoms with Gasteiger partial charge < -0.3 is 19.5 Å². The summed E-state index contributed by atoms with van der Waals surface area (Å²) in [5, 5.41) is 12.6. The van der Waals surface area contributed by atoms with Gasteiger partial charge in [-0.1, -0.05) is 41.9 Å². The lowest BCUT2D eigenvalue weighted by Crippen LogP contribution is -2.13. The van der Waals surface area contributed by atoms with Gasteiger partial charge in [-0.2, -0.15) is 5.26 Å². The van der Waals surface area contributed by atoms with Crippen molar-refractivity contribution >= 4 is 29.3 Å². The topological polar surface area (TPSA) is 80.6 Å². The third kappa shape index (κ3) is 6.52. The number of nitriles is 1. The van der Waals surface area contributed by atoms with E-state index in [1.807, 2.05) is 43.3 Å². The van der Waals surface area contributed by atoms with E-state index in [1.165, 1.54) is 13.2 Å². The number of ether oxygens (including phenoxy) is 3. The van der Waals surface area contributed by atoms with Crippen molar-refractivity contribution in [2.75, 3.05) is 19.0 Å². The van der Waals surface area contributed by atoms with Gasteiger partial charge in [-0.15, -0.1) is 0 Å². The minimum absolute atomic E-state index is 0.104. The number of halogens is 1. The largest absolute Gasteiger partial charge is 0.493 e. The van der Waals surface area contributed by atoms with E-state index >= 15 is 0 Å². The molecule has 0 saturated carbocycles. The molecule has 1 amide bonds. The monoisotopic (exact) mass is 462 g/mol. The number of carbonyl (C=O) groups excluding carboxylic acids is 1. The highest BCUT2D eigenvalue weighted by atomic mass is 35.5. The third-order valence-electron chi connectivity index (χ3n) is 4.61. The van der Waals surface area contributed by atoms with Crippen LogP contribution in [0, 0.1) is 11.3 Å². The molecule has 3 aromatic rings. The summed E-state index contributed by atoms with van der Waals surface area (Å²) in [4.78, 5) is 12.6. The minimum Gasteiger partial charge on any atom is -0.493 e. The van der Waals surface area contributed by atoms with Crippen LogP contribution in [0.5, 0.6) is 17.2 Å². The molecule has 33 heavy (non-hydrogen) atoms. The fourth-order valence-electron chi connectivity index (χ4n) is 2.97. The van der Waals surface area contributed by atoms with Crippen LogP contribution in [0.4, 0.5) is 5.69 Å². The maximum atomic E-state index is 12.6. The molecule has 0 aromatic heterocycles. The Morgan fingerprint density at radius 3 is 2.42 bits per heavy atom. The van der Waals surface area contributed by atoms with Gasteiger partial charge in [0, 0.05) is 11.8 Å². The lowest BCUT2D eigenvalue weighted by atomic mass is 10.1. The summed E-state index contributed by atoms with van der Waals surface area (Å²) in [6.45, 7) is 2.74. The maximum absolute atomic E-state index is 12.6. The molecule has 0 unspecified atom stereocenters. The van der Waals surface area contributed by atoms with Crippen LogP contribution >= 0.6 is 11.6 Å². The molecule has 0 saturated heterocycles. The van der Waals surface area contributed by atoms with Crippen LogP contribution in [0.25, 0.3) is 6.08 Å². The van der Waals surface area contributed by atoms with E-state index < -0.39 is 5.91 Å². The second-order valence-corrected chi connectivity index (χ2v) is 7.29. The normalized spacial score (nSPS) is 10.8. The summed E-state index contributed by atoms with van der Waals surface area (Å²) in [5.74, 6) is 1.05.